The molecule has 0 amide bonds. The molecule has 1 unspecified atom stereocenters. The first-order chi connectivity index (χ1) is 7.47. The number of phenols is 1. The second-order valence-electron chi connectivity index (χ2n) is 4.28. The average molecular weight is 224 g/mol. The van der Waals surface area contributed by atoms with Crippen LogP contribution in [-0.4, -0.2) is 16.2 Å². The van der Waals surface area contributed by atoms with Crippen LogP contribution < -0.4 is 0 Å². The zero-order chi connectivity index (χ0) is 11.9. The summed E-state index contributed by atoms with van der Waals surface area (Å²) in [6.07, 6.45) is -0.163. The normalized spacial score (nSPS) is 19.1. The van der Waals surface area contributed by atoms with Crippen LogP contribution in [0.25, 0.3) is 0 Å². The van der Waals surface area contributed by atoms with E-state index in [2.05, 4.69) is 0 Å². The SMILES string of the molecule is CC(F)c1ccc(O)c(C2(C(=O)O)CC2)c1. The molecule has 0 saturated heterocycles. The minimum atomic E-state index is -1.16. The predicted molar refractivity (Wildman–Crippen MR) is 56.2 cm³/mol. The number of rotatable bonds is 3. The number of carboxylic acids is 1. The van der Waals surface area contributed by atoms with Crippen LogP contribution in [-0.2, 0) is 10.2 Å². The Balaban J connectivity index is 2.48. The molecule has 0 aromatic heterocycles. The van der Waals surface area contributed by atoms with Gasteiger partial charge in [0, 0.05) is 5.56 Å². The highest BCUT2D eigenvalue weighted by atomic mass is 19.1. The van der Waals surface area contributed by atoms with Gasteiger partial charge in [-0.05, 0) is 37.5 Å². The van der Waals surface area contributed by atoms with E-state index in [1.54, 1.807) is 0 Å². The largest absolute Gasteiger partial charge is 0.508 e. The Morgan fingerprint density at radius 1 is 1.50 bits per heavy atom. The van der Waals surface area contributed by atoms with Crippen LogP contribution in [0.5, 0.6) is 5.75 Å². The van der Waals surface area contributed by atoms with Gasteiger partial charge in [-0.3, -0.25) is 4.79 Å². The highest BCUT2D eigenvalue weighted by molar-refractivity contribution is 5.86. The monoisotopic (exact) mass is 224 g/mol. The zero-order valence-corrected chi connectivity index (χ0v) is 8.90. The molecular formula is C12H13FO3. The van der Waals surface area contributed by atoms with Crippen LogP contribution in [0.3, 0.4) is 0 Å². The van der Waals surface area contributed by atoms with Gasteiger partial charge in [-0.15, -0.1) is 0 Å². The molecule has 1 saturated carbocycles. The van der Waals surface area contributed by atoms with E-state index in [4.69, 9.17) is 5.11 Å². The van der Waals surface area contributed by atoms with Crippen molar-refractivity contribution in [3.8, 4) is 5.75 Å². The molecule has 1 aliphatic rings. The fourth-order valence-corrected chi connectivity index (χ4v) is 1.91. The zero-order valence-electron chi connectivity index (χ0n) is 8.90. The molecule has 1 aromatic carbocycles. The summed E-state index contributed by atoms with van der Waals surface area (Å²) in [5.41, 5.74) is -0.253. The van der Waals surface area contributed by atoms with Crippen molar-refractivity contribution in [1.82, 2.24) is 0 Å². The molecule has 1 aliphatic carbocycles. The molecule has 4 heteroatoms. The lowest BCUT2D eigenvalue weighted by atomic mass is 9.92. The third-order valence-electron chi connectivity index (χ3n) is 3.15. The van der Waals surface area contributed by atoms with E-state index in [0.29, 0.717) is 24.0 Å². The van der Waals surface area contributed by atoms with Crippen molar-refractivity contribution < 1.29 is 19.4 Å². The molecule has 0 spiro atoms. The van der Waals surface area contributed by atoms with Crippen molar-refractivity contribution in [3.63, 3.8) is 0 Å². The summed E-state index contributed by atoms with van der Waals surface area (Å²) < 4.78 is 13.1. The minimum absolute atomic E-state index is 0.0655. The third kappa shape index (κ3) is 1.54. The summed E-state index contributed by atoms with van der Waals surface area (Å²) in [6, 6.07) is 4.30. The molecule has 0 aliphatic heterocycles. The number of benzene rings is 1. The van der Waals surface area contributed by atoms with Crippen LogP contribution in [0.4, 0.5) is 4.39 Å². The van der Waals surface area contributed by atoms with E-state index < -0.39 is 17.6 Å². The number of hydrogen-bond acceptors (Lipinski definition) is 2. The van der Waals surface area contributed by atoms with Crippen LogP contribution in [0.2, 0.25) is 0 Å². The van der Waals surface area contributed by atoms with Crippen molar-refractivity contribution in [3.05, 3.63) is 29.3 Å². The lowest BCUT2D eigenvalue weighted by Gasteiger charge is -2.14. The summed E-state index contributed by atoms with van der Waals surface area (Å²) in [6.45, 7) is 1.39. The van der Waals surface area contributed by atoms with Crippen molar-refractivity contribution in [2.45, 2.75) is 31.4 Å². The second-order valence-corrected chi connectivity index (χ2v) is 4.28. The van der Waals surface area contributed by atoms with E-state index in [0.717, 1.165) is 0 Å². The summed E-state index contributed by atoms with van der Waals surface area (Å²) >= 11 is 0. The van der Waals surface area contributed by atoms with Crippen molar-refractivity contribution >= 4 is 5.97 Å². The van der Waals surface area contributed by atoms with Gasteiger partial charge in [-0.2, -0.15) is 0 Å². The van der Waals surface area contributed by atoms with Crippen molar-refractivity contribution in [2.24, 2.45) is 0 Å². The molecule has 1 aromatic rings. The van der Waals surface area contributed by atoms with Crippen LogP contribution in [0, 0.1) is 0 Å². The van der Waals surface area contributed by atoms with E-state index in [-0.39, 0.29) is 5.75 Å². The number of halogens is 1. The number of aromatic hydroxyl groups is 1. The third-order valence-corrected chi connectivity index (χ3v) is 3.15. The molecule has 3 nitrogen and oxygen atoms in total. The first kappa shape index (κ1) is 10.9. The average Bonchev–Trinajstić information content (AvgIpc) is 2.98. The highest BCUT2D eigenvalue weighted by Crippen LogP contribution is 2.51. The van der Waals surface area contributed by atoms with E-state index in [1.807, 2.05) is 0 Å². The summed E-state index contributed by atoms with van der Waals surface area (Å²) in [5, 5.41) is 18.8. The van der Waals surface area contributed by atoms with Gasteiger partial charge in [0.2, 0.25) is 0 Å². The topological polar surface area (TPSA) is 57.5 Å². The van der Waals surface area contributed by atoms with Gasteiger partial charge in [0.25, 0.3) is 0 Å². The number of carboxylic acid groups (broad SMARTS) is 1. The van der Waals surface area contributed by atoms with Crippen LogP contribution >= 0.6 is 0 Å². The number of carbonyl (C=O) groups is 1. The maximum Gasteiger partial charge on any atom is 0.314 e. The van der Waals surface area contributed by atoms with Gasteiger partial charge >= 0.3 is 5.97 Å². The van der Waals surface area contributed by atoms with Gasteiger partial charge in [0.05, 0.1) is 5.41 Å². The van der Waals surface area contributed by atoms with Crippen molar-refractivity contribution in [2.75, 3.05) is 0 Å². The Morgan fingerprint density at radius 2 is 2.12 bits per heavy atom. The summed E-state index contributed by atoms with van der Waals surface area (Å²) in [7, 11) is 0. The Morgan fingerprint density at radius 3 is 2.56 bits per heavy atom. The van der Waals surface area contributed by atoms with Gasteiger partial charge in [-0.1, -0.05) is 6.07 Å². The Bertz CT molecular complexity index is 436. The molecule has 2 rings (SSSR count). The highest BCUT2D eigenvalue weighted by Gasteiger charge is 2.53. The van der Waals surface area contributed by atoms with E-state index >= 15 is 0 Å². The minimum Gasteiger partial charge on any atom is -0.508 e. The lowest BCUT2D eigenvalue weighted by Crippen LogP contribution is -2.19. The van der Waals surface area contributed by atoms with E-state index in [1.165, 1.54) is 25.1 Å². The Labute approximate surface area is 92.5 Å². The standard InChI is InChI=1S/C12H13FO3/c1-7(13)8-2-3-10(14)9(6-8)12(4-5-12)11(15)16/h2-3,6-7,14H,4-5H2,1H3,(H,15,16). The Hall–Kier alpha value is -1.58. The summed E-state index contributed by atoms with van der Waals surface area (Å²) in [4.78, 5) is 11.1. The summed E-state index contributed by atoms with van der Waals surface area (Å²) in [5.74, 6) is -1.02. The molecule has 2 N–H and O–H groups in total. The number of alkyl halides is 1. The van der Waals surface area contributed by atoms with Gasteiger partial charge in [0.15, 0.2) is 0 Å². The number of aliphatic carboxylic acids is 1. The number of hydrogen-bond donors (Lipinski definition) is 2. The second kappa shape index (κ2) is 3.47. The van der Waals surface area contributed by atoms with Gasteiger partial charge < -0.3 is 10.2 Å². The first-order valence-electron chi connectivity index (χ1n) is 5.18. The fraction of sp³-hybridized carbons (Fsp3) is 0.417. The molecule has 1 fully saturated rings. The molecule has 0 heterocycles. The molecule has 0 radical (unpaired) electrons. The van der Waals surface area contributed by atoms with E-state index in [9.17, 15) is 14.3 Å². The predicted octanol–water partition coefficient (Wildman–Crippen LogP) is 2.54. The number of phenolic OH excluding ortho intramolecular Hbond substituents is 1. The fourth-order valence-electron chi connectivity index (χ4n) is 1.91. The molecular weight excluding hydrogens is 211 g/mol. The Kier molecular flexibility index (Phi) is 2.37. The quantitative estimate of drug-likeness (QED) is 0.829. The molecule has 86 valence electrons. The van der Waals surface area contributed by atoms with Crippen LogP contribution in [0.1, 0.15) is 37.1 Å². The van der Waals surface area contributed by atoms with Crippen LogP contribution in [0.15, 0.2) is 18.2 Å². The lowest BCUT2D eigenvalue weighted by molar-refractivity contribution is -0.140. The smallest absolute Gasteiger partial charge is 0.314 e. The maximum absolute atomic E-state index is 13.1. The molecule has 16 heavy (non-hydrogen) atoms. The van der Waals surface area contributed by atoms with Gasteiger partial charge in [-0.25, -0.2) is 4.39 Å². The van der Waals surface area contributed by atoms with Crippen molar-refractivity contribution in [1.29, 1.82) is 0 Å². The maximum atomic E-state index is 13.1. The first-order valence-corrected chi connectivity index (χ1v) is 5.18. The molecule has 0 bridgehead atoms. The van der Waals surface area contributed by atoms with Gasteiger partial charge in [0.1, 0.15) is 11.9 Å². The molecule has 1 atom stereocenters.